The fourth-order valence-corrected chi connectivity index (χ4v) is 3.82. The van der Waals surface area contributed by atoms with Crippen molar-refractivity contribution in [1.29, 1.82) is 0 Å². The summed E-state index contributed by atoms with van der Waals surface area (Å²) in [5.41, 5.74) is 4.38. The molecule has 3 rings (SSSR count). The van der Waals surface area contributed by atoms with E-state index in [-0.39, 0.29) is 5.78 Å². The predicted octanol–water partition coefficient (Wildman–Crippen LogP) is 3.95. The Hall–Kier alpha value is -1.48. The molecule has 0 atom stereocenters. The lowest BCUT2D eigenvalue weighted by molar-refractivity contribution is 0.0968. The molecule has 1 aliphatic rings. The molecule has 0 N–H and O–H groups in total. The molecule has 1 heterocycles. The molecule has 0 bridgehead atoms. The van der Waals surface area contributed by atoms with Crippen LogP contribution in [0.15, 0.2) is 18.2 Å². The Morgan fingerprint density at radius 2 is 1.89 bits per heavy atom. The average Bonchev–Trinajstić information content (AvgIpc) is 2.74. The van der Waals surface area contributed by atoms with Gasteiger partial charge in [-0.05, 0) is 37.8 Å². The summed E-state index contributed by atoms with van der Waals surface area (Å²) in [6, 6.07) is 6.27. The van der Waals surface area contributed by atoms with E-state index in [0.717, 1.165) is 23.5 Å². The molecule has 0 unspecified atom stereocenters. The van der Waals surface area contributed by atoms with Crippen LogP contribution in [0.2, 0.25) is 0 Å². The second kappa shape index (κ2) is 4.32. The minimum atomic E-state index is 0.213. The molecular formula is C15H15NOS. The van der Waals surface area contributed by atoms with Gasteiger partial charge in [0.25, 0.3) is 0 Å². The van der Waals surface area contributed by atoms with Gasteiger partial charge in [-0.25, -0.2) is 4.98 Å². The lowest BCUT2D eigenvalue weighted by Crippen LogP contribution is -2.08. The van der Waals surface area contributed by atoms with E-state index >= 15 is 0 Å². The van der Waals surface area contributed by atoms with Crippen molar-refractivity contribution in [3.05, 3.63) is 39.9 Å². The second-order valence-corrected chi connectivity index (χ2v) is 5.92. The van der Waals surface area contributed by atoms with Crippen molar-refractivity contribution >= 4 is 17.1 Å². The number of rotatable bonds is 1. The van der Waals surface area contributed by atoms with Gasteiger partial charge in [-0.3, -0.25) is 4.79 Å². The molecule has 2 nitrogen and oxygen atoms in total. The number of fused-ring (bicyclic) bond motifs is 1. The highest BCUT2D eigenvalue weighted by Crippen LogP contribution is 2.35. The maximum Gasteiger partial charge on any atom is 0.182 e. The van der Waals surface area contributed by atoms with Gasteiger partial charge in [0.05, 0.1) is 0 Å². The molecule has 0 amide bonds. The number of aryl methyl sites for hydroxylation is 3. The van der Waals surface area contributed by atoms with Crippen LogP contribution in [0.5, 0.6) is 0 Å². The summed E-state index contributed by atoms with van der Waals surface area (Å²) < 4.78 is 0. The molecule has 0 radical (unpaired) electrons. The topological polar surface area (TPSA) is 30.0 Å². The number of hydrogen-bond donors (Lipinski definition) is 0. The van der Waals surface area contributed by atoms with Gasteiger partial charge in [0.2, 0.25) is 0 Å². The number of benzene rings is 1. The third kappa shape index (κ3) is 1.79. The van der Waals surface area contributed by atoms with Crippen molar-refractivity contribution in [2.75, 3.05) is 0 Å². The SMILES string of the molecule is Cc1cccc(C)c1-c1nc2c(s1)CCCC2=O. The lowest BCUT2D eigenvalue weighted by atomic mass is 10.0. The van der Waals surface area contributed by atoms with Crippen LogP contribution in [-0.4, -0.2) is 10.8 Å². The van der Waals surface area contributed by atoms with Crippen LogP contribution >= 0.6 is 11.3 Å². The number of aromatic nitrogens is 1. The first-order valence-corrected chi connectivity index (χ1v) is 7.08. The van der Waals surface area contributed by atoms with Gasteiger partial charge >= 0.3 is 0 Å². The van der Waals surface area contributed by atoms with Crippen LogP contribution in [0.1, 0.15) is 39.3 Å². The minimum absolute atomic E-state index is 0.213. The molecule has 3 heteroatoms. The van der Waals surface area contributed by atoms with Crippen molar-refractivity contribution in [2.45, 2.75) is 33.1 Å². The standard InChI is InChI=1S/C15H15NOS/c1-9-5-3-6-10(2)13(9)15-16-14-11(17)7-4-8-12(14)18-15/h3,5-6H,4,7-8H2,1-2H3. The van der Waals surface area contributed by atoms with Gasteiger partial charge < -0.3 is 0 Å². The lowest BCUT2D eigenvalue weighted by Gasteiger charge is -2.06. The maximum atomic E-state index is 11.8. The summed E-state index contributed by atoms with van der Waals surface area (Å²) in [6.07, 6.45) is 2.63. The van der Waals surface area contributed by atoms with Crippen LogP contribution < -0.4 is 0 Å². The zero-order valence-corrected chi connectivity index (χ0v) is 11.4. The first-order valence-electron chi connectivity index (χ1n) is 6.26. The largest absolute Gasteiger partial charge is 0.292 e. The van der Waals surface area contributed by atoms with Gasteiger partial charge in [0, 0.05) is 16.9 Å². The second-order valence-electron chi connectivity index (χ2n) is 4.83. The van der Waals surface area contributed by atoms with Crippen LogP contribution in [-0.2, 0) is 6.42 Å². The van der Waals surface area contributed by atoms with Crippen LogP contribution in [0.3, 0.4) is 0 Å². The van der Waals surface area contributed by atoms with Crippen molar-refractivity contribution in [2.24, 2.45) is 0 Å². The first kappa shape index (κ1) is 11.6. The summed E-state index contributed by atoms with van der Waals surface area (Å²) in [5.74, 6) is 0.213. The van der Waals surface area contributed by atoms with Crippen molar-refractivity contribution in [1.82, 2.24) is 4.98 Å². The van der Waals surface area contributed by atoms with Gasteiger partial charge in [-0.2, -0.15) is 0 Å². The van der Waals surface area contributed by atoms with Crippen LogP contribution in [0.4, 0.5) is 0 Å². The molecule has 0 saturated carbocycles. The third-order valence-electron chi connectivity index (χ3n) is 3.46. The van der Waals surface area contributed by atoms with E-state index < -0.39 is 0 Å². The molecule has 0 aliphatic heterocycles. The monoisotopic (exact) mass is 257 g/mol. The Morgan fingerprint density at radius 3 is 2.56 bits per heavy atom. The van der Waals surface area contributed by atoms with Crippen molar-refractivity contribution in [3.63, 3.8) is 0 Å². The molecule has 1 aromatic carbocycles. The first-order chi connectivity index (χ1) is 8.66. The third-order valence-corrected chi connectivity index (χ3v) is 4.60. The normalized spacial score (nSPS) is 14.7. The number of ketones is 1. The molecule has 0 spiro atoms. The average molecular weight is 257 g/mol. The molecule has 0 saturated heterocycles. The number of carbonyl (C=O) groups is 1. The summed E-state index contributed by atoms with van der Waals surface area (Å²) in [4.78, 5) is 17.6. The van der Waals surface area contributed by atoms with Crippen molar-refractivity contribution in [3.8, 4) is 10.6 Å². The number of Topliss-reactive ketones (excluding diaryl/α,β-unsaturated/α-hetero) is 1. The van der Waals surface area contributed by atoms with E-state index in [4.69, 9.17) is 0 Å². The Bertz CT molecular complexity index is 607. The minimum Gasteiger partial charge on any atom is -0.292 e. The zero-order chi connectivity index (χ0) is 12.7. The smallest absolute Gasteiger partial charge is 0.182 e. The van der Waals surface area contributed by atoms with E-state index in [1.54, 1.807) is 11.3 Å². The van der Waals surface area contributed by atoms with Gasteiger partial charge in [0.15, 0.2) is 5.78 Å². The molecule has 0 fully saturated rings. The van der Waals surface area contributed by atoms with E-state index in [1.807, 2.05) is 0 Å². The van der Waals surface area contributed by atoms with Gasteiger partial charge in [-0.15, -0.1) is 11.3 Å². The highest BCUT2D eigenvalue weighted by atomic mass is 32.1. The van der Waals surface area contributed by atoms with E-state index in [0.29, 0.717) is 6.42 Å². The molecular weight excluding hydrogens is 242 g/mol. The molecule has 1 aromatic heterocycles. The van der Waals surface area contributed by atoms with E-state index in [9.17, 15) is 4.79 Å². The summed E-state index contributed by atoms with van der Waals surface area (Å²) >= 11 is 1.69. The van der Waals surface area contributed by atoms with Crippen molar-refractivity contribution < 1.29 is 4.79 Å². The Labute approximate surface area is 111 Å². The predicted molar refractivity (Wildman–Crippen MR) is 74.3 cm³/mol. The molecule has 18 heavy (non-hydrogen) atoms. The Balaban J connectivity index is 2.16. The Kier molecular flexibility index (Phi) is 2.78. The zero-order valence-electron chi connectivity index (χ0n) is 10.6. The maximum absolute atomic E-state index is 11.8. The quantitative estimate of drug-likeness (QED) is 0.774. The number of hydrogen-bond acceptors (Lipinski definition) is 3. The molecule has 1 aliphatic carbocycles. The number of carbonyl (C=O) groups excluding carboxylic acids is 1. The highest BCUT2D eigenvalue weighted by Gasteiger charge is 2.23. The van der Waals surface area contributed by atoms with Crippen LogP contribution in [0, 0.1) is 13.8 Å². The fourth-order valence-electron chi connectivity index (χ4n) is 2.53. The Morgan fingerprint density at radius 1 is 1.17 bits per heavy atom. The number of nitrogens with zero attached hydrogens (tertiary/aromatic N) is 1. The molecule has 2 aromatic rings. The summed E-state index contributed by atoms with van der Waals surface area (Å²) in [5, 5.41) is 1.01. The summed E-state index contributed by atoms with van der Waals surface area (Å²) in [7, 11) is 0. The van der Waals surface area contributed by atoms with Gasteiger partial charge in [-0.1, -0.05) is 18.2 Å². The molecule has 92 valence electrons. The van der Waals surface area contributed by atoms with E-state index in [1.165, 1.54) is 21.6 Å². The highest BCUT2D eigenvalue weighted by molar-refractivity contribution is 7.15. The van der Waals surface area contributed by atoms with E-state index in [2.05, 4.69) is 37.0 Å². The van der Waals surface area contributed by atoms with Crippen LogP contribution in [0.25, 0.3) is 10.6 Å². The fraction of sp³-hybridized carbons (Fsp3) is 0.333. The summed E-state index contributed by atoms with van der Waals surface area (Å²) in [6.45, 7) is 4.20. The number of thiazole rings is 1. The van der Waals surface area contributed by atoms with Gasteiger partial charge in [0.1, 0.15) is 10.7 Å².